The van der Waals surface area contributed by atoms with Gasteiger partial charge in [0.1, 0.15) is 5.70 Å². The Morgan fingerprint density at radius 1 is 1.46 bits per heavy atom. The molecule has 4 atom stereocenters. The van der Waals surface area contributed by atoms with Crippen LogP contribution >= 0.6 is 0 Å². The van der Waals surface area contributed by atoms with Gasteiger partial charge < -0.3 is 15.3 Å². The summed E-state index contributed by atoms with van der Waals surface area (Å²) in [7, 11) is -6.71. The van der Waals surface area contributed by atoms with E-state index in [0.29, 0.717) is 0 Å². The van der Waals surface area contributed by atoms with E-state index in [4.69, 9.17) is 4.55 Å². The van der Waals surface area contributed by atoms with Crippen LogP contribution in [0.4, 0.5) is 0 Å². The molecule has 0 spiro atoms. The second-order valence-corrected chi connectivity index (χ2v) is 8.02. The quantitative estimate of drug-likeness (QED) is 0.356. The first kappa shape index (κ1) is 20.2. The minimum Gasteiger partial charge on any atom is -0.477 e. The highest BCUT2D eigenvalue weighted by molar-refractivity contribution is 7.91. The van der Waals surface area contributed by atoms with E-state index in [2.05, 4.69) is 9.50 Å². The number of nitrogens with one attached hydrogen (secondary N) is 1. The van der Waals surface area contributed by atoms with Crippen molar-refractivity contribution in [2.75, 3.05) is 0 Å². The molecule has 0 aromatic rings. The Labute approximate surface area is 151 Å². The third kappa shape index (κ3) is 4.00. The van der Waals surface area contributed by atoms with E-state index in [-0.39, 0.29) is 11.3 Å². The number of nitrogens with zero attached hydrogens (tertiary/aromatic N) is 1. The van der Waals surface area contributed by atoms with Crippen molar-refractivity contribution in [2.24, 2.45) is 5.92 Å². The number of fused-ring (bicyclic) bond motifs is 1. The van der Waals surface area contributed by atoms with Crippen molar-refractivity contribution in [1.29, 1.82) is 0 Å². The van der Waals surface area contributed by atoms with Crippen LogP contribution in [0.5, 0.6) is 0 Å². The van der Waals surface area contributed by atoms with Gasteiger partial charge in [-0.2, -0.15) is 8.42 Å². The van der Waals surface area contributed by atoms with Gasteiger partial charge in [0.05, 0.1) is 33.8 Å². The Bertz CT molecular complexity index is 846. The Kier molecular flexibility index (Phi) is 5.65. The van der Waals surface area contributed by atoms with Crippen LogP contribution in [0, 0.1) is 5.92 Å². The van der Waals surface area contributed by atoms with E-state index in [1.165, 1.54) is 13.8 Å². The second kappa shape index (κ2) is 7.26. The van der Waals surface area contributed by atoms with E-state index >= 15 is 0 Å². The summed E-state index contributed by atoms with van der Waals surface area (Å²) in [5.41, 5.74) is -0.443. The van der Waals surface area contributed by atoms with Crippen molar-refractivity contribution in [2.45, 2.75) is 32.4 Å². The molecule has 1 saturated heterocycles. The maximum Gasteiger partial charge on any atom is 0.397 e. The molecule has 3 N–H and O–H groups in total. The molecule has 0 radical (unpaired) electrons. The normalized spacial score (nSPS) is 25.0. The van der Waals surface area contributed by atoms with Gasteiger partial charge in [0.15, 0.2) is 0 Å². The predicted octanol–water partition coefficient (Wildman–Crippen LogP) is -0.923. The van der Waals surface area contributed by atoms with Crippen molar-refractivity contribution in [1.82, 2.24) is 10.2 Å². The highest BCUT2D eigenvalue weighted by Crippen LogP contribution is 2.45. The van der Waals surface area contributed by atoms with Gasteiger partial charge in [0, 0.05) is 25.0 Å². The highest BCUT2D eigenvalue weighted by atomic mass is 32.3. The summed E-state index contributed by atoms with van der Waals surface area (Å²) in [4.78, 5) is 35.4. The molecule has 1 fully saturated rings. The number of carbonyl (C=O) groups excluding carboxylic acids is 2. The monoisotopic (exact) mass is 408 g/mol. The molecule has 13 heteroatoms. The predicted molar refractivity (Wildman–Crippen MR) is 86.6 cm³/mol. The van der Waals surface area contributed by atoms with Crippen LogP contribution in [0.1, 0.15) is 20.3 Å². The Morgan fingerprint density at radius 3 is 2.58 bits per heavy atom. The third-order valence-electron chi connectivity index (χ3n) is 3.87. The van der Waals surface area contributed by atoms with Crippen molar-refractivity contribution in [3.63, 3.8) is 0 Å². The van der Waals surface area contributed by atoms with Crippen LogP contribution in [0.3, 0.4) is 0 Å². The number of carboxylic acid groups (broad SMARTS) is 1. The summed E-state index contributed by atoms with van der Waals surface area (Å²) >= 11 is 0. The average molecular weight is 408 g/mol. The standard InChI is InChI=1S/C13H16N2O9S2/c1-6(24-26(21,22)23)10-8-5-9(25(20)4-3-14-7(2)16)11(13(18)19)15(8)12(10)17/h3-4,6,8,10H,5H2,1-2H3,(H,14,16)(H,18,19)(H,21,22,23)/b4-3-/t6-,8-,10-,25+/m0/s1. The fraction of sp³-hybridized carbons (Fsp3) is 0.462. The highest BCUT2D eigenvalue weighted by Gasteiger charge is 2.58. The van der Waals surface area contributed by atoms with Crippen molar-refractivity contribution in [3.8, 4) is 0 Å². The summed E-state index contributed by atoms with van der Waals surface area (Å²) in [5.74, 6) is -3.59. The molecule has 2 aliphatic heterocycles. The van der Waals surface area contributed by atoms with Crippen LogP contribution in [0.25, 0.3) is 0 Å². The molecule has 144 valence electrons. The largest absolute Gasteiger partial charge is 0.477 e. The van der Waals surface area contributed by atoms with Gasteiger partial charge in [0.2, 0.25) is 11.8 Å². The molecule has 0 aromatic carbocycles. The summed E-state index contributed by atoms with van der Waals surface area (Å²) < 4.78 is 47.1. The number of amides is 2. The minimum atomic E-state index is -4.79. The Hall–Kier alpha value is -2.09. The number of β-lactam (4-membered cyclic amide) rings is 1. The van der Waals surface area contributed by atoms with E-state index < -0.39 is 62.7 Å². The third-order valence-corrected chi connectivity index (χ3v) is 5.65. The van der Waals surface area contributed by atoms with Crippen LogP contribution in [-0.2, 0) is 39.8 Å². The topological polar surface area (TPSA) is 167 Å². The maximum absolute atomic E-state index is 12.3. The van der Waals surface area contributed by atoms with E-state index in [9.17, 15) is 32.1 Å². The molecule has 2 heterocycles. The average Bonchev–Trinajstić information content (AvgIpc) is 2.80. The van der Waals surface area contributed by atoms with Crippen molar-refractivity contribution >= 4 is 39.0 Å². The summed E-state index contributed by atoms with van der Waals surface area (Å²) in [6, 6.07) is -0.751. The minimum absolute atomic E-state index is 0.0426. The number of hydrogen-bond donors (Lipinski definition) is 3. The number of hydrogen-bond acceptors (Lipinski definition) is 7. The van der Waals surface area contributed by atoms with Gasteiger partial charge in [0.25, 0.3) is 0 Å². The summed E-state index contributed by atoms with van der Waals surface area (Å²) in [6.45, 7) is 2.48. The molecule has 0 bridgehead atoms. The molecule has 2 amide bonds. The Morgan fingerprint density at radius 2 is 2.08 bits per heavy atom. The zero-order chi connectivity index (χ0) is 19.8. The van der Waals surface area contributed by atoms with Gasteiger partial charge in [-0.05, 0) is 6.92 Å². The summed E-state index contributed by atoms with van der Waals surface area (Å²) in [5, 5.41) is 12.7. The number of carboxylic acids is 1. The zero-order valence-electron chi connectivity index (χ0n) is 13.6. The lowest BCUT2D eigenvalue weighted by atomic mass is 9.83. The van der Waals surface area contributed by atoms with Gasteiger partial charge in [-0.15, -0.1) is 0 Å². The van der Waals surface area contributed by atoms with Gasteiger partial charge in [-0.3, -0.25) is 14.1 Å². The molecule has 0 aromatic heterocycles. The molecule has 0 unspecified atom stereocenters. The van der Waals surface area contributed by atoms with Gasteiger partial charge >= 0.3 is 16.4 Å². The molecular formula is C13H16N2O9S2. The fourth-order valence-corrected chi connectivity index (χ4v) is 4.51. The Balaban J connectivity index is 2.24. The first-order chi connectivity index (χ1) is 11.9. The molecular weight excluding hydrogens is 392 g/mol. The van der Waals surface area contributed by atoms with E-state index in [1.54, 1.807) is 0 Å². The number of aliphatic carboxylic acids is 1. The number of carbonyl (C=O) groups is 3. The fourth-order valence-electron chi connectivity index (χ4n) is 2.94. The molecule has 26 heavy (non-hydrogen) atoms. The van der Waals surface area contributed by atoms with Gasteiger partial charge in [-0.1, -0.05) is 0 Å². The van der Waals surface area contributed by atoms with Crippen LogP contribution in [0.2, 0.25) is 0 Å². The number of rotatable bonds is 7. The molecule has 0 saturated carbocycles. The smallest absolute Gasteiger partial charge is 0.397 e. The first-order valence-electron chi connectivity index (χ1n) is 7.23. The lowest BCUT2D eigenvalue weighted by molar-refractivity contribution is -0.160. The van der Waals surface area contributed by atoms with E-state index in [1.807, 2.05) is 0 Å². The second-order valence-electron chi connectivity index (χ2n) is 5.61. The van der Waals surface area contributed by atoms with Crippen LogP contribution < -0.4 is 5.32 Å². The molecule has 11 nitrogen and oxygen atoms in total. The zero-order valence-corrected chi connectivity index (χ0v) is 15.2. The van der Waals surface area contributed by atoms with Crippen molar-refractivity contribution in [3.05, 3.63) is 22.2 Å². The SMILES string of the molecule is CC(=O)N/C=C\[S@@](=O)C1=C(C(=O)O)N2C(=O)[C@@H]([C@H](C)OS(=O)(=O)O)[C@@H]2C1. The molecule has 0 aliphatic carbocycles. The van der Waals surface area contributed by atoms with E-state index in [0.717, 1.165) is 16.5 Å². The van der Waals surface area contributed by atoms with Crippen LogP contribution in [0.15, 0.2) is 22.2 Å². The lowest BCUT2D eigenvalue weighted by Crippen LogP contribution is -2.62. The molecule has 2 aliphatic rings. The molecule has 2 rings (SSSR count). The maximum atomic E-state index is 12.3. The lowest BCUT2D eigenvalue weighted by Gasteiger charge is -2.45. The van der Waals surface area contributed by atoms with Gasteiger partial charge in [-0.25, -0.2) is 13.2 Å². The summed E-state index contributed by atoms with van der Waals surface area (Å²) in [6.07, 6.45) is -0.200. The first-order valence-corrected chi connectivity index (χ1v) is 9.81. The van der Waals surface area contributed by atoms with Crippen LogP contribution in [-0.4, -0.2) is 57.1 Å². The van der Waals surface area contributed by atoms with Crippen molar-refractivity contribution < 1.29 is 40.9 Å².